The van der Waals surface area contributed by atoms with Gasteiger partial charge in [-0.05, 0) is 50.6 Å². The second-order valence-electron chi connectivity index (χ2n) is 4.73. The van der Waals surface area contributed by atoms with Gasteiger partial charge in [0.25, 0.3) is 0 Å². The largest absolute Gasteiger partial charge is 0.496 e. The first kappa shape index (κ1) is 12.4. The van der Waals surface area contributed by atoms with Crippen molar-refractivity contribution in [1.29, 1.82) is 0 Å². The zero-order valence-electron chi connectivity index (χ0n) is 10.6. The molecule has 1 aliphatic heterocycles. The van der Waals surface area contributed by atoms with E-state index >= 15 is 0 Å². The van der Waals surface area contributed by atoms with Crippen LogP contribution in [0.2, 0.25) is 0 Å². The highest BCUT2D eigenvalue weighted by molar-refractivity contribution is 5.38. The minimum atomic E-state index is -0.418. The maximum Gasteiger partial charge on any atom is 0.123 e. The van der Waals surface area contributed by atoms with E-state index in [4.69, 9.17) is 4.74 Å². The maximum atomic E-state index is 9.62. The van der Waals surface area contributed by atoms with Crippen molar-refractivity contribution in [2.24, 2.45) is 0 Å². The predicted molar refractivity (Wildman–Crippen MR) is 68.1 cm³/mol. The lowest BCUT2D eigenvalue weighted by molar-refractivity contribution is 0.199. The Balaban J connectivity index is 2.19. The Morgan fingerprint density at radius 2 is 2.06 bits per heavy atom. The number of aliphatic hydroxyl groups excluding tert-OH is 1. The Kier molecular flexibility index (Phi) is 4.02. The molecule has 3 nitrogen and oxygen atoms in total. The van der Waals surface area contributed by atoms with E-state index < -0.39 is 6.10 Å². The van der Waals surface area contributed by atoms with Crippen LogP contribution in [0.4, 0.5) is 0 Å². The molecule has 1 atom stereocenters. The van der Waals surface area contributed by atoms with Gasteiger partial charge in [-0.2, -0.15) is 0 Å². The number of hydrogen-bond acceptors (Lipinski definition) is 3. The van der Waals surface area contributed by atoms with Gasteiger partial charge in [-0.3, -0.25) is 4.90 Å². The molecule has 0 saturated carbocycles. The van der Waals surface area contributed by atoms with Crippen LogP contribution in [0, 0.1) is 0 Å². The third-order valence-corrected chi connectivity index (χ3v) is 3.38. The summed E-state index contributed by atoms with van der Waals surface area (Å²) in [4.78, 5) is 2.43. The fourth-order valence-electron chi connectivity index (χ4n) is 2.36. The minimum Gasteiger partial charge on any atom is -0.496 e. The number of nitrogens with zero attached hydrogens (tertiary/aromatic N) is 1. The smallest absolute Gasteiger partial charge is 0.123 e. The number of likely N-dealkylation sites (tertiary alicyclic amines) is 1. The van der Waals surface area contributed by atoms with Gasteiger partial charge in [0.2, 0.25) is 0 Å². The summed E-state index contributed by atoms with van der Waals surface area (Å²) in [6, 6.07) is 5.94. The van der Waals surface area contributed by atoms with Crippen molar-refractivity contribution in [1.82, 2.24) is 4.90 Å². The third-order valence-electron chi connectivity index (χ3n) is 3.38. The molecule has 1 aromatic rings. The fourth-order valence-corrected chi connectivity index (χ4v) is 2.36. The quantitative estimate of drug-likeness (QED) is 0.869. The van der Waals surface area contributed by atoms with E-state index in [1.165, 1.54) is 31.5 Å². The summed E-state index contributed by atoms with van der Waals surface area (Å²) in [5.74, 6) is 0.918. The van der Waals surface area contributed by atoms with E-state index in [9.17, 15) is 5.11 Å². The normalized spacial score (nSPS) is 18.3. The number of rotatable bonds is 4. The van der Waals surface area contributed by atoms with Gasteiger partial charge in [0.1, 0.15) is 5.75 Å². The van der Waals surface area contributed by atoms with Gasteiger partial charge in [-0.25, -0.2) is 0 Å². The minimum absolute atomic E-state index is 0.418. The lowest BCUT2D eigenvalue weighted by Crippen LogP contribution is -2.19. The first-order chi connectivity index (χ1) is 8.20. The Morgan fingerprint density at radius 3 is 2.65 bits per heavy atom. The molecule has 3 heteroatoms. The van der Waals surface area contributed by atoms with Gasteiger partial charge >= 0.3 is 0 Å². The van der Waals surface area contributed by atoms with Gasteiger partial charge in [0.15, 0.2) is 0 Å². The van der Waals surface area contributed by atoms with Crippen molar-refractivity contribution >= 4 is 0 Å². The van der Waals surface area contributed by atoms with Gasteiger partial charge in [0, 0.05) is 12.1 Å². The molecule has 1 N–H and O–H groups in total. The summed E-state index contributed by atoms with van der Waals surface area (Å²) in [5.41, 5.74) is 2.13. The number of benzene rings is 1. The second-order valence-corrected chi connectivity index (χ2v) is 4.73. The number of methoxy groups -OCH3 is 1. The van der Waals surface area contributed by atoms with Crippen molar-refractivity contribution in [3.63, 3.8) is 0 Å². The van der Waals surface area contributed by atoms with Crippen molar-refractivity contribution in [2.45, 2.75) is 32.4 Å². The highest BCUT2D eigenvalue weighted by Gasteiger charge is 2.15. The summed E-state index contributed by atoms with van der Waals surface area (Å²) in [6.45, 7) is 5.05. The molecule has 0 spiro atoms. The van der Waals surface area contributed by atoms with Crippen LogP contribution in [0.15, 0.2) is 18.2 Å². The van der Waals surface area contributed by atoms with Crippen molar-refractivity contribution < 1.29 is 9.84 Å². The Bertz CT molecular complexity index is 370. The molecule has 1 aliphatic rings. The molecule has 0 amide bonds. The number of ether oxygens (including phenoxy) is 1. The molecule has 0 radical (unpaired) electrons. The Labute approximate surface area is 103 Å². The highest BCUT2D eigenvalue weighted by atomic mass is 16.5. The van der Waals surface area contributed by atoms with Crippen LogP contribution in [-0.4, -0.2) is 30.2 Å². The molecule has 0 aromatic heterocycles. The molecular formula is C14H21NO2. The lowest BCUT2D eigenvalue weighted by atomic mass is 10.1. The van der Waals surface area contributed by atoms with Gasteiger partial charge < -0.3 is 9.84 Å². The number of hydrogen-bond donors (Lipinski definition) is 1. The first-order valence-electron chi connectivity index (χ1n) is 6.28. The predicted octanol–water partition coefficient (Wildman–Crippen LogP) is 2.34. The fraction of sp³-hybridized carbons (Fsp3) is 0.571. The molecular weight excluding hydrogens is 214 g/mol. The van der Waals surface area contributed by atoms with Crippen LogP contribution in [0.3, 0.4) is 0 Å². The molecule has 1 fully saturated rings. The molecule has 1 saturated heterocycles. The Hall–Kier alpha value is -1.06. The summed E-state index contributed by atoms with van der Waals surface area (Å²) in [7, 11) is 1.70. The second kappa shape index (κ2) is 5.52. The average Bonchev–Trinajstić information content (AvgIpc) is 2.81. The van der Waals surface area contributed by atoms with Crippen molar-refractivity contribution in [3.8, 4) is 5.75 Å². The van der Waals surface area contributed by atoms with E-state index in [1.54, 1.807) is 14.0 Å². The van der Waals surface area contributed by atoms with Crippen molar-refractivity contribution in [2.75, 3.05) is 20.2 Å². The van der Waals surface area contributed by atoms with Gasteiger partial charge in [-0.15, -0.1) is 0 Å². The maximum absolute atomic E-state index is 9.62. The van der Waals surface area contributed by atoms with Crippen molar-refractivity contribution in [3.05, 3.63) is 29.3 Å². The average molecular weight is 235 g/mol. The summed E-state index contributed by atoms with van der Waals surface area (Å²) in [6.07, 6.45) is 2.16. The number of aliphatic hydroxyl groups is 1. The monoisotopic (exact) mass is 235 g/mol. The molecule has 1 unspecified atom stereocenters. The van der Waals surface area contributed by atoms with E-state index in [2.05, 4.69) is 11.0 Å². The lowest BCUT2D eigenvalue weighted by Gasteiger charge is -2.18. The zero-order valence-corrected chi connectivity index (χ0v) is 10.6. The van der Waals surface area contributed by atoms with E-state index in [0.29, 0.717) is 0 Å². The summed E-state index contributed by atoms with van der Waals surface area (Å²) in [5, 5.41) is 9.62. The van der Waals surface area contributed by atoms with Crippen LogP contribution in [0.25, 0.3) is 0 Å². The van der Waals surface area contributed by atoms with Crippen LogP contribution in [0.1, 0.15) is 37.0 Å². The van der Waals surface area contributed by atoms with E-state index in [-0.39, 0.29) is 0 Å². The van der Waals surface area contributed by atoms with E-state index in [0.717, 1.165) is 17.9 Å². The zero-order chi connectivity index (χ0) is 12.3. The molecule has 1 heterocycles. The molecule has 2 rings (SSSR count). The SMILES string of the molecule is COc1ccc(C(C)O)cc1CN1CCCC1. The molecule has 0 aliphatic carbocycles. The van der Waals surface area contributed by atoms with E-state index in [1.807, 2.05) is 12.1 Å². The first-order valence-corrected chi connectivity index (χ1v) is 6.28. The summed E-state index contributed by atoms with van der Waals surface area (Å²) < 4.78 is 5.38. The van der Waals surface area contributed by atoms with Crippen LogP contribution < -0.4 is 4.74 Å². The Morgan fingerprint density at radius 1 is 1.35 bits per heavy atom. The van der Waals surface area contributed by atoms with Crippen LogP contribution in [-0.2, 0) is 6.54 Å². The van der Waals surface area contributed by atoms with Gasteiger partial charge in [-0.1, -0.05) is 6.07 Å². The van der Waals surface area contributed by atoms with Gasteiger partial charge in [0.05, 0.1) is 13.2 Å². The molecule has 0 bridgehead atoms. The van der Waals surface area contributed by atoms with Crippen LogP contribution >= 0.6 is 0 Å². The third kappa shape index (κ3) is 2.99. The standard InChI is InChI=1S/C14H21NO2/c1-11(16)12-5-6-14(17-2)13(9-12)10-15-7-3-4-8-15/h5-6,9,11,16H,3-4,7-8,10H2,1-2H3. The molecule has 94 valence electrons. The molecule has 17 heavy (non-hydrogen) atoms. The summed E-state index contributed by atoms with van der Waals surface area (Å²) >= 11 is 0. The van der Waals surface area contributed by atoms with Crippen LogP contribution in [0.5, 0.6) is 5.75 Å². The molecule has 1 aromatic carbocycles. The topological polar surface area (TPSA) is 32.7 Å². The highest BCUT2D eigenvalue weighted by Crippen LogP contribution is 2.25.